The summed E-state index contributed by atoms with van der Waals surface area (Å²) in [6.45, 7) is 1.20. The Bertz CT molecular complexity index is 414. The zero-order valence-electron chi connectivity index (χ0n) is 10.2. The molecule has 1 unspecified atom stereocenters. The molecule has 1 rings (SSSR count). The summed E-state index contributed by atoms with van der Waals surface area (Å²) in [5.41, 5.74) is 1.04. The number of carbonyl (C=O) groups excluding carboxylic acids is 1. The molecule has 0 bridgehead atoms. The van der Waals surface area contributed by atoms with E-state index in [0.717, 1.165) is 15.8 Å². The third kappa shape index (κ3) is 4.74. The number of esters is 1. The molecule has 0 saturated carbocycles. The summed E-state index contributed by atoms with van der Waals surface area (Å²) in [7, 11) is 3.04. The molecule has 1 N–H and O–H groups in total. The first-order chi connectivity index (χ1) is 8.58. The van der Waals surface area contributed by atoms with Gasteiger partial charge in [-0.15, -0.1) is 0 Å². The molecule has 0 saturated heterocycles. The normalized spacial score (nSPS) is 12.0. The van der Waals surface area contributed by atoms with Gasteiger partial charge in [0.15, 0.2) is 0 Å². The van der Waals surface area contributed by atoms with Crippen molar-refractivity contribution in [2.75, 3.05) is 20.8 Å². The van der Waals surface area contributed by atoms with Crippen LogP contribution in [0.15, 0.2) is 22.7 Å². The molecule has 0 heterocycles. The summed E-state index contributed by atoms with van der Waals surface area (Å²) < 4.78 is 10.7. The molecule has 100 valence electrons. The SMILES string of the molecule is COC(=O)C(I)CNCc1cc(Br)ccc1OC. The van der Waals surface area contributed by atoms with Crippen molar-refractivity contribution in [1.82, 2.24) is 5.32 Å². The number of benzene rings is 1. The molecule has 1 atom stereocenters. The maximum atomic E-state index is 11.2. The fourth-order valence-corrected chi connectivity index (χ4v) is 2.40. The molecule has 0 amide bonds. The lowest BCUT2D eigenvalue weighted by atomic mass is 10.2. The smallest absolute Gasteiger partial charge is 0.319 e. The summed E-state index contributed by atoms with van der Waals surface area (Å²) in [6.07, 6.45) is 0. The first-order valence-corrected chi connectivity index (χ1v) is 7.37. The second kappa shape index (κ2) is 7.96. The standard InChI is InChI=1S/C12H15BrINO3/c1-17-11-4-3-9(13)5-8(11)6-15-7-10(14)12(16)18-2/h3-5,10,15H,6-7H2,1-2H3. The van der Waals surface area contributed by atoms with Crippen molar-refractivity contribution in [3.8, 4) is 5.75 Å². The molecular weight excluding hydrogens is 413 g/mol. The van der Waals surface area contributed by atoms with Gasteiger partial charge in [-0.25, -0.2) is 0 Å². The molecule has 1 aromatic rings. The predicted molar refractivity (Wildman–Crippen MR) is 82.2 cm³/mol. The lowest BCUT2D eigenvalue weighted by molar-refractivity contribution is -0.139. The number of hydrogen-bond donors (Lipinski definition) is 1. The zero-order chi connectivity index (χ0) is 13.5. The summed E-state index contributed by atoms with van der Waals surface area (Å²) >= 11 is 5.48. The monoisotopic (exact) mass is 427 g/mol. The second-order valence-corrected chi connectivity index (χ2v) is 6.00. The Morgan fingerprint density at radius 3 is 2.83 bits per heavy atom. The number of ether oxygens (including phenoxy) is 2. The topological polar surface area (TPSA) is 47.6 Å². The highest BCUT2D eigenvalue weighted by Gasteiger charge is 2.14. The zero-order valence-corrected chi connectivity index (χ0v) is 13.9. The van der Waals surface area contributed by atoms with Crippen molar-refractivity contribution < 1.29 is 14.3 Å². The Morgan fingerprint density at radius 2 is 2.22 bits per heavy atom. The molecule has 0 fully saturated rings. The second-order valence-electron chi connectivity index (χ2n) is 3.58. The third-order valence-electron chi connectivity index (χ3n) is 2.34. The minimum absolute atomic E-state index is 0.189. The van der Waals surface area contributed by atoms with Crippen LogP contribution >= 0.6 is 38.5 Å². The van der Waals surface area contributed by atoms with Crippen molar-refractivity contribution >= 4 is 44.5 Å². The highest BCUT2D eigenvalue weighted by Crippen LogP contribution is 2.22. The van der Waals surface area contributed by atoms with Crippen LogP contribution in [0.5, 0.6) is 5.75 Å². The van der Waals surface area contributed by atoms with Gasteiger partial charge in [-0.1, -0.05) is 38.5 Å². The number of nitrogens with one attached hydrogen (secondary N) is 1. The molecule has 1 aromatic carbocycles. The van der Waals surface area contributed by atoms with Gasteiger partial charge in [0.1, 0.15) is 9.67 Å². The fraction of sp³-hybridized carbons (Fsp3) is 0.417. The number of methoxy groups -OCH3 is 2. The molecule has 0 aromatic heterocycles. The lowest BCUT2D eigenvalue weighted by Gasteiger charge is -2.12. The maximum absolute atomic E-state index is 11.2. The maximum Gasteiger partial charge on any atom is 0.319 e. The molecule has 6 heteroatoms. The van der Waals surface area contributed by atoms with E-state index in [1.165, 1.54) is 7.11 Å². The van der Waals surface area contributed by atoms with Gasteiger partial charge in [0.25, 0.3) is 0 Å². The summed E-state index contributed by atoms with van der Waals surface area (Å²) in [5, 5.41) is 3.21. The Labute approximate surface area is 129 Å². The van der Waals surface area contributed by atoms with Crippen molar-refractivity contribution in [3.05, 3.63) is 28.2 Å². The van der Waals surface area contributed by atoms with E-state index in [2.05, 4.69) is 48.6 Å². The number of alkyl halides is 1. The van der Waals surface area contributed by atoms with Gasteiger partial charge < -0.3 is 14.8 Å². The highest BCUT2D eigenvalue weighted by atomic mass is 127. The van der Waals surface area contributed by atoms with Crippen LogP contribution in [0.1, 0.15) is 5.56 Å². The van der Waals surface area contributed by atoms with Gasteiger partial charge in [-0.2, -0.15) is 0 Å². The third-order valence-corrected chi connectivity index (χ3v) is 3.78. The first-order valence-electron chi connectivity index (χ1n) is 5.33. The average molecular weight is 428 g/mol. The number of rotatable bonds is 6. The first kappa shape index (κ1) is 15.7. The van der Waals surface area contributed by atoms with Crippen LogP contribution in [0, 0.1) is 0 Å². The average Bonchev–Trinajstić information content (AvgIpc) is 2.38. The van der Waals surface area contributed by atoms with Crippen LogP contribution in [0.3, 0.4) is 0 Å². The fourth-order valence-electron chi connectivity index (χ4n) is 1.43. The van der Waals surface area contributed by atoms with E-state index < -0.39 is 0 Å². The van der Waals surface area contributed by atoms with E-state index >= 15 is 0 Å². The largest absolute Gasteiger partial charge is 0.496 e. The number of halogens is 2. The molecule has 18 heavy (non-hydrogen) atoms. The Balaban J connectivity index is 2.53. The van der Waals surface area contributed by atoms with Crippen LogP contribution in [0.2, 0.25) is 0 Å². The summed E-state index contributed by atoms with van der Waals surface area (Å²) in [6, 6.07) is 5.83. The van der Waals surface area contributed by atoms with E-state index in [0.29, 0.717) is 13.1 Å². The van der Waals surface area contributed by atoms with E-state index in [1.54, 1.807) is 7.11 Å². The minimum Gasteiger partial charge on any atom is -0.496 e. The predicted octanol–water partition coefficient (Wildman–Crippen LogP) is 2.52. The molecule has 0 spiro atoms. The van der Waals surface area contributed by atoms with Crippen LogP contribution < -0.4 is 10.1 Å². The van der Waals surface area contributed by atoms with E-state index in [4.69, 9.17) is 4.74 Å². The minimum atomic E-state index is -0.218. The Morgan fingerprint density at radius 1 is 1.50 bits per heavy atom. The summed E-state index contributed by atoms with van der Waals surface area (Å²) in [5.74, 6) is 0.609. The Kier molecular flexibility index (Phi) is 6.95. The van der Waals surface area contributed by atoms with Gasteiger partial charge in [0.05, 0.1) is 14.2 Å². The van der Waals surface area contributed by atoms with Crippen molar-refractivity contribution in [2.24, 2.45) is 0 Å². The van der Waals surface area contributed by atoms with Crippen LogP contribution in [0.25, 0.3) is 0 Å². The van der Waals surface area contributed by atoms with Crippen molar-refractivity contribution in [1.29, 1.82) is 0 Å². The van der Waals surface area contributed by atoms with Gasteiger partial charge in [0, 0.05) is 23.1 Å². The molecule has 0 aliphatic carbocycles. The molecule has 0 aliphatic heterocycles. The quantitative estimate of drug-likeness (QED) is 0.430. The van der Waals surface area contributed by atoms with Gasteiger partial charge in [0.2, 0.25) is 0 Å². The van der Waals surface area contributed by atoms with E-state index in [1.807, 2.05) is 18.2 Å². The lowest BCUT2D eigenvalue weighted by Crippen LogP contribution is -2.29. The van der Waals surface area contributed by atoms with Crippen molar-refractivity contribution in [2.45, 2.75) is 10.5 Å². The summed E-state index contributed by atoms with van der Waals surface area (Å²) in [4.78, 5) is 11.2. The molecular formula is C12H15BrINO3. The molecule has 0 radical (unpaired) electrons. The molecule has 4 nitrogen and oxygen atoms in total. The van der Waals surface area contributed by atoms with Crippen molar-refractivity contribution in [3.63, 3.8) is 0 Å². The van der Waals surface area contributed by atoms with E-state index in [9.17, 15) is 4.79 Å². The van der Waals surface area contributed by atoms with Crippen LogP contribution in [0.4, 0.5) is 0 Å². The van der Waals surface area contributed by atoms with Gasteiger partial charge >= 0.3 is 5.97 Å². The Hall–Kier alpha value is -0.340. The number of carbonyl (C=O) groups is 1. The van der Waals surface area contributed by atoms with Gasteiger partial charge in [-0.3, -0.25) is 4.79 Å². The van der Waals surface area contributed by atoms with Crippen LogP contribution in [-0.4, -0.2) is 30.7 Å². The molecule has 0 aliphatic rings. The van der Waals surface area contributed by atoms with Crippen LogP contribution in [-0.2, 0) is 16.1 Å². The number of hydrogen-bond acceptors (Lipinski definition) is 4. The highest BCUT2D eigenvalue weighted by molar-refractivity contribution is 14.1. The van der Waals surface area contributed by atoms with E-state index in [-0.39, 0.29) is 9.89 Å². The van der Waals surface area contributed by atoms with Gasteiger partial charge in [-0.05, 0) is 18.2 Å².